The fourth-order valence-corrected chi connectivity index (χ4v) is 3.10. The molecule has 0 N–H and O–H groups in total. The van der Waals surface area contributed by atoms with E-state index in [0.29, 0.717) is 23.8 Å². The van der Waals surface area contributed by atoms with E-state index in [-0.39, 0.29) is 11.9 Å². The van der Waals surface area contributed by atoms with Crippen molar-refractivity contribution in [2.45, 2.75) is 26.3 Å². The zero-order valence-electron chi connectivity index (χ0n) is 14.8. The molecule has 1 aromatic rings. The van der Waals surface area contributed by atoms with Crippen molar-refractivity contribution < 1.29 is 14.3 Å². The number of ether oxygens (including phenoxy) is 2. The number of rotatable bonds is 5. The molecule has 0 saturated carbocycles. The van der Waals surface area contributed by atoms with Gasteiger partial charge < -0.3 is 19.3 Å². The summed E-state index contributed by atoms with van der Waals surface area (Å²) in [5, 5.41) is 0. The SMILES string of the molecule is COc1ccc(CC(=O)N2CCN(C)C[C@@H]2C(C)C)cc1OC. The van der Waals surface area contributed by atoms with Crippen LogP contribution in [0.1, 0.15) is 19.4 Å². The molecule has 1 heterocycles. The summed E-state index contributed by atoms with van der Waals surface area (Å²) in [5.41, 5.74) is 0.953. The summed E-state index contributed by atoms with van der Waals surface area (Å²) in [6, 6.07) is 5.95. The molecule has 0 radical (unpaired) electrons. The molecule has 5 nitrogen and oxygen atoms in total. The standard InChI is InChI=1S/C18H28N2O3/c1-13(2)15-12-19(3)8-9-20(15)18(21)11-14-6-7-16(22-4)17(10-14)23-5/h6-7,10,13,15H,8-9,11-12H2,1-5H3/t15-/m1/s1. The molecule has 1 aliphatic rings. The van der Waals surface area contributed by atoms with Gasteiger partial charge in [0.1, 0.15) is 0 Å². The second-order valence-electron chi connectivity index (χ2n) is 6.53. The van der Waals surface area contributed by atoms with Crippen LogP contribution in [0.5, 0.6) is 11.5 Å². The van der Waals surface area contributed by atoms with Crippen LogP contribution < -0.4 is 9.47 Å². The van der Waals surface area contributed by atoms with Crippen molar-refractivity contribution in [3.63, 3.8) is 0 Å². The molecule has 128 valence electrons. The summed E-state index contributed by atoms with van der Waals surface area (Å²) in [6.45, 7) is 7.03. The average molecular weight is 320 g/mol. The van der Waals surface area contributed by atoms with E-state index in [1.807, 2.05) is 23.1 Å². The number of likely N-dealkylation sites (N-methyl/N-ethyl adjacent to an activating group) is 1. The van der Waals surface area contributed by atoms with Crippen molar-refractivity contribution in [1.82, 2.24) is 9.80 Å². The molecule has 2 rings (SSSR count). The summed E-state index contributed by atoms with van der Waals surface area (Å²) < 4.78 is 10.6. The van der Waals surface area contributed by atoms with Crippen LogP contribution in [0.2, 0.25) is 0 Å². The van der Waals surface area contributed by atoms with E-state index in [0.717, 1.165) is 25.2 Å². The van der Waals surface area contributed by atoms with Crippen molar-refractivity contribution in [3.8, 4) is 11.5 Å². The Bertz CT molecular complexity index is 545. The van der Waals surface area contributed by atoms with E-state index < -0.39 is 0 Å². The Morgan fingerprint density at radius 1 is 1.22 bits per heavy atom. The summed E-state index contributed by atoms with van der Waals surface area (Å²) in [4.78, 5) is 17.1. The first-order valence-corrected chi connectivity index (χ1v) is 8.15. The largest absolute Gasteiger partial charge is 0.493 e. The van der Waals surface area contributed by atoms with E-state index in [9.17, 15) is 4.79 Å². The van der Waals surface area contributed by atoms with Crippen LogP contribution in [0.4, 0.5) is 0 Å². The van der Waals surface area contributed by atoms with Crippen LogP contribution in [0, 0.1) is 5.92 Å². The smallest absolute Gasteiger partial charge is 0.227 e. The molecule has 5 heteroatoms. The molecule has 0 bridgehead atoms. The van der Waals surface area contributed by atoms with Gasteiger partial charge in [0.25, 0.3) is 0 Å². The van der Waals surface area contributed by atoms with Gasteiger partial charge in [-0.2, -0.15) is 0 Å². The number of hydrogen-bond acceptors (Lipinski definition) is 4. The fourth-order valence-electron chi connectivity index (χ4n) is 3.10. The van der Waals surface area contributed by atoms with Crippen molar-refractivity contribution in [1.29, 1.82) is 0 Å². The predicted octanol–water partition coefficient (Wildman–Crippen LogP) is 2.04. The molecule has 0 aromatic heterocycles. The van der Waals surface area contributed by atoms with Crippen LogP contribution >= 0.6 is 0 Å². The molecule has 0 aliphatic carbocycles. The molecule has 1 aromatic carbocycles. The maximum Gasteiger partial charge on any atom is 0.227 e. The monoisotopic (exact) mass is 320 g/mol. The molecule has 1 atom stereocenters. The van der Waals surface area contributed by atoms with Crippen LogP contribution in [0.3, 0.4) is 0 Å². The van der Waals surface area contributed by atoms with Crippen molar-refractivity contribution in [2.24, 2.45) is 5.92 Å². The number of nitrogens with zero attached hydrogens (tertiary/aromatic N) is 2. The number of amides is 1. The van der Waals surface area contributed by atoms with Gasteiger partial charge in [-0.1, -0.05) is 19.9 Å². The number of methoxy groups -OCH3 is 2. The lowest BCUT2D eigenvalue weighted by Gasteiger charge is -2.42. The highest BCUT2D eigenvalue weighted by Gasteiger charge is 2.30. The number of benzene rings is 1. The normalized spacial score (nSPS) is 19.0. The van der Waals surface area contributed by atoms with Gasteiger partial charge in [0.2, 0.25) is 5.91 Å². The van der Waals surface area contributed by atoms with E-state index in [2.05, 4.69) is 25.8 Å². The van der Waals surface area contributed by atoms with E-state index in [1.54, 1.807) is 14.2 Å². The summed E-state index contributed by atoms with van der Waals surface area (Å²) in [7, 11) is 5.34. The minimum atomic E-state index is 0.184. The minimum Gasteiger partial charge on any atom is -0.493 e. The quantitative estimate of drug-likeness (QED) is 0.833. The number of piperazine rings is 1. The van der Waals surface area contributed by atoms with Crippen molar-refractivity contribution >= 4 is 5.91 Å². The third kappa shape index (κ3) is 4.16. The van der Waals surface area contributed by atoms with E-state index >= 15 is 0 Å². The van der Waals surface area contributed by atoms with Crippen LogP contribution in [-0.2, 0) is 11.2 Å². The zero-order chi connectivity index (χ0) is 17.0. The summed E-state index contributed by atoms with van der Waals surface area (Å²) >= 11 is 0. The highest BCUT2D eigenvalue weighted by molar-refractivity contribution is 5.79. The van der Waals surface area contributed by atoms with Gasteiger partial charge in [0, 0.05) is 25.7 Å². The zero-order valence-corrected chi connectivity index (χ0v) is 14.8. The Balaban J connectivity index is 2.11. The Morgan fingerprint density at radius 2 is 1.91 bits per heavy atom. The molecule has 0 spiro atoms. The average Bonchev–Trinajstić information content (AvgIpc) is 2.54. The molecule has 1 aliphatic heterocycles. The third-order valence-corrected chi connectivity index (χ3v) is 4.51. The number of carbonyl (C=O) groups is 1. The van der Waals surface area contributed by atoms with Gasteiger partial charge in [0.05, 0.1) is 20.6 Å². The molecular formula is C18H28N2O3. The Morgan fingerprint density at radius 3 is 2.52 bits per heavy atom. The van der Waals surface area contributed by atoms with Gasteiger partial charge >= 0.3 is 0 Å². The van der Waals surface area contributed by atoms with Crippen molar-refractivity contribution in [2.75, 3.05) is 40.9 Å². The van der Waals surface area contributed by atoms with Crippen molar-refractivity contribution in [3.05, 3.63) is 23.8 Å². The fraction of sp³-hybridized carbons (Fsp3) is 0.611. The van der Waals surface area contributed by atoms with Crippen LogP contribution in [0.25, 0.3) is 0 Å². The van der Waals surface area contributed by atoms with Gasteiger partial charge in [0.15, 0.2) is 11.5 Å². The molecule has 1 saturated heterocycles. The van der Waals surface area contributed by atoms with E-state index in [4.69, 9.17) is 9.47 Å². The highest BCUT2D eigenvalue weighted by atomic mass is 16.5. The minimum absolute atomic E-state index is 0.184. The molecular weight excluding hydrogens is 292 g/mol. The van der Waals surface area contributed by atoms with E-state index in [1.165, 1.54) is 0 Å². The lowest BCUT2D eigenvalue weighted by atomic mass is 9.98. The maximum atomic E-state index is 12.8. The Labute approximate surface area is 139 Å². The molecule has 1 amide bonds. The summed E-state index contributed by atoms with van der Waals surface area (Å²) in [5.74, 6) is 1.98. The molecule has 0 unspecified atom stereocenters. The second kappa shape index (κ2) is 7.68. The Kier molecular flexibility index (Phi) is 5.88. The van der Waals surface area contributed by atoms with Gasteiger partial charge in [-0.3, -0.25) is 4.79 Å². The number of carbonyl (C=O) groups excluding carboxylic acids is 1. The summed E-state index contributed by atoms with van der Waals surface area (Å²) in [6.07, 6.45) is 0.396. The van der Waals surface area contributed by atoms with Gasteiger partial charge in [-0.05, 0) is 30.7 Å². The lowest BCUT2D eigenvalue weighted by Crippen LogP contribution is -2.56. The first-order chi connectivity index (χ1) is 11.0. The molecule has 23 heavy (non-hydrogen) atoms. The first kappa shape index (κ1) is 17.6. The highest BCUT2D eigenvalue weighted by Crippen LogP contribution is 2.28. The van der Waals surface area contributed by atoms with Crippen LogP contribution in [-0.4, -0.2) is 62.7 Å². The molecule has 1 fully saturated rings. The van der Waals surface area contributed by atoms with Gasteiger partial charge in [-0.15, -0.1) is 0 Å². The third-order valence-electron chi connectivity index (χ3n) is 4.51. The lowest BCUT2D eigenvalue weighted by molar-refractivity contribution is -0.136. The van der Waals surface area contributed by atoms with Crippen LogP contribution in [0.15, 0.2) is 18.2 Å². The Hall–Kier alpha value is -1.75. The maximum absolute atomic E-state index is 12.8. The predicted molar refractivity (Wildman–Crippen MR) is 91.1 cm³/mol. The second-order valence-corrected chi connectivity index (χ2v) is 6.53. The first-order valence-electron chi connectivity index (χ1n) is 8.15. The topological polar surface area (TPSA) is 42.0 Å². The number of hydrogen-bond donors (Lipinski definition) is 0. The van der Waals surface area contributed by atoms with Gasteiger partial charge in [-0.25, -0.2) is 0 Å².